The van der Waals surface area contributed by atoms with Gasteiger partial charge in [-0.2, -0.15) is 0 Å². The first kappa shape index (κ1) is 39.4. The lowest BCUT2D eigenvalue weighted by molar-refractivity contribution is -0.136. The summed E-state index contributed by atoms with van der Waals surface area (Å²) in [5.41, 5.74) is 5.61. The molecule has 14 heteroatoms. The van der Waals surface area contributed by atoms with Gasteiger partial charge in [0.1, 0.15) is 6.04 Å². The van der Waals surface area contributed by atoms with Crippen LogP contribution in [-0.2, 0) is 20.9 Å². The van der Waals surface area contributed by atoms with E-state index in [1.54, 1.807) is 29.5 Å². The van der Waals surface area contributed by atoms with E-state index in [-0.39, 0.29) is 41.8 Å². The van der Waals surface area contributed by atoms with Crippen molar-refractivity contribution >= 4 is 58.2 Å². The third-order valence-electron chi connectivity index (χ3n) is 10.7. The zero-order chi connectivity index (χ0) is 40.1. The molecule has 3 aromatic carbocycles. The summed E-state index contributed by atoms with van der Waals surface area (Å²) in [6.07, 6.45) is 3.09. The fourth-order valence-electron chi connectivity index (χ4n) is 7.44. The maximum absolute atomic E-state index is 13.4. The number of imide groups is 2. The number of carbonyl (C=O) groups excluding carboxylic acids is 6. The van der Waals surface area contributed by atoms with E-state index in [2.05, 4.69) is 38.0 Å². The van der Waals surface area contributed by atoms with Crippen molar-refractivity contribution in [1.29, 1.82) is 0 Å². The molecule has 6 N–H and O–H groups in total. The average Bonchev–Trinajstić information content (AvgIpc) is 3.78. The van der Waals surface area contributed by atoms with Crippen LogP contribution >= 0.6 is 11.3 Å². The highest BCUT2D eigenvalue weighted by Crippen LogP contribution is 2.31. The van der Waals surface area contributed by atoms with Gasteiger partial charge in [-0.3, -0.25) is 39.0 Å². The summed E-state index contributed by atoms with van der Waals surface area (Å²) in [6.45, 7) is 6.80. The Kier molecular flexibility index (Phi) is 12.1. The second-order valence-corrected chi connectivity index (χ2v) is 16.0. The van der Waals surface area contributed by atoms with Gasteiger partial charge in [0.25, 0.3) is 17.7 Å². The molecule has 2 saturated heterocycles. The molecule has 4 heterocycles. The first-order valence-electron chi connectivity index (χ1n) is 19.5. The number of anilines is 2. The number of nitrogens with one attached hydrogen (secondary N) is 6. The molecule has 2 fully saturated rings. The summed E-state index contributed by atoms with van der Waals surface area (Å²) in [4.78, 5) is 79.1. The highest BCUT2D eigenvalue weighted by molar-refractivity contribution is 7.15. The molecule has 1 aromatic heterocycles. The van der Waals surface area contributed by atoms with Crippen LogP contribution in [0.25, 0.3) is 10.4 Å². The third-order valence-corrected chi connectivity index (χ3v) is 11.8. The van der Waals surface area contributed by atoms with E-state index in [4.69, 9.17) is 0 Å². The van der Waals surface area contributed by atoms with Gasteiger partial charge in [-0.05, 0) is 118 Å². The van der Waals surface area contributed by atoms with Gasteiger partial charge < -0.3 is 26.6 Å². The summed E-state index contributed by atoms with van der Waals surface area (Å²) in [5, 5.41) is 18.6. The van der Waals surface area contributed by atoms with Crippen LogP contribution in [0.1, 0.15) is 98.6 Å². The van der Waals surface area contributed by atoms with Crippen molar-refractivity contribution in [3.63, 3.8) is 0 Å². The largest absolute Gasteiger partial charge is 0.385 e. The molecule has 4 aromatic rings. The molecule has 6 amide bonds. The first-order valence-corrected chi connectivity index (χ1v) is 20.3. The summed E-state index contributed by atoms with van der Waals surface area (Å²) >= 11 is 1.60. The van der Waals surface area contributed by atoms with Crippen LogP contribution in [0.4, 0.5) is 11.4 Å². The highest BCUT2D eigenvalue weighted by atomic mass is 32.1. The van der Waals surface area contributed by atoms with Crippen molar-refractivity contribution in [3.8, 4) is 10.4 Å². The van der Waals surface area contributed by atoms with E-state index in [1.165, 1.54) is 0 Å². The van der Waals surface area contributed by atoms with Crippen LogP contribution in [0.15, 0.2) is 72.8 Å². The van der Waals surface area contributed by atoms with Crippen LogP contribution in [0.5, 0.6) is 0 Å². The van der Waals surface area contributed by atoms with Crippen molar-refractivity contribution in [2.24, 2.45) is 0 Å². The second-order valence-electron chi connectivity index (χ2n) is 14.8. The van der Waals surface area contributed by atoms with Gasteiger partial charge in [0.05, 0.1) is 23.7 Å². The van der Waals surface area contributed by atoms with E-state index in [9.17, 15) is 28.8 Å². The molecule has 7 rings (SSSR count). The summed E-state index contributed by atoms with van der Waals surface area (Å²) < 4.78 is 0. The number of thiophene rings is 1. The summed E-state index contributed by atoms with van der Waals surface area (Å²) in [6, 6.07) is 22.2. The van der Waals surface area contributed by atoms with E-state index in [0.717, 1.165) is 63.0 Å². The molecule has 0 spiro atoms. The fraction of sp³-hybridized carbons (Fsp3) is 0.349. The molecule has 1 unspecified atom stereocenters. The zero-order valence-corrected chi connectivity index (χ0v) is 32.9. The van der Waals surface area contributed by atoms with Crippen LogP contribution in [-0.4, -0.2) is 72.1 Å². The maximum Gasteiger partial charge on any atom is 0.262 e. The highest BCUT2D eigenvalue weighted by Gasteiger charge is 2.44. The third kappa shape index (κ3) is 9.24. The van der Waals surface area contributed by atoms with E-state index < -0.39 is 29.7 Å². The Bertz CT molecular complexity index is 2210. The Morgan fingerprint density at radius 3 is 2.49 bits per heavy atom. The number of piperidine rings is 2. The number of rotatable bonds is 14. The lowest BCUT2D eigenvalue weighted by Crippen LogP contribution is -2.54. The van der Waals surface area contributed by atoms with Gasteiger partial charge in [-0.1, -0.05) is 24.3 Å². The predicted molar refractivity (Wildman–Crippen MR) is 219 cm³/mol. The fourth-order valence-corrected chi connectivity index (χ4v) is 8.39. The molecule has 296 valence electrons. The van der Waals surface area contributed by atoms with Crippen LogP contribution in [0, 0.1) is 6.92 Å². The van der Waals surface area contributed by atoms with Crippen molar-refractivity contribution in [2.45, 2.75) is 77.0 Å². The number of aryl methyl sites for hydroxylation is 1. The Morgan fingerprint density at radius 2 is 1.68 bits per heavy atom. The average molecular weight is 790 g/mol. The smallest absolute Gasteiger partial charge is 0.262 e. The van der Waals surface area contributed by atoms with Crippen molar-refractivity contribution in [3.05, 3.63) is 105 Å². The number of hydrogen-bond donors (Lipinski definition) is 6. The van der Waals surface area contributed by atoms with Crippen LogP contribution in [0.2, 0.25) is 0 Å². The van der Waals surface area contributed by atoms with Gasteiger partial charge in [0.2, 0.25) is 17.7 Å². The van der Waals surface area contributed by atoms with Crippen molar-refractivity contribution in [2.75, 3.05) is 30.3 Å². The Labute approximate surface area is 335 Å². The molecular formula is C43H47N7O6S. The first-order chi connectivity index (χ1) is 27.5. The summed E-state index contributed by atoms with van der Waals surface area (Å²) in [7, 11) is 0. The van der Waals surface area contributed by atoms with Crippen LogP contribution in [0.3, 0.4) is 0 Å². The molecule has 13 nitrogen and oxygen atoms in total. The SMILES string of the molecule is Cc1ccc(NC2CCNCC2)cc1C(=O)N[C@H](C)c1cccc(-c2ccc(CNC(=O)CCCNc3ccc4c(c3)C(=O)N(C3CCC(=O)NC3=O)C4=O)s2)c1. The quantitative estimate of drug-likeness (QED) is 0.0732. The molecular weight excluding hydrogens is 743 g/mol. The second kappa shape index (κ2) is 17.5. The van der Waals surface area contributed by atoms with E-state index in [0.29, 0.717) is 43.2 Å². The predicted octanol–water partition coefficient (Wildman–Crippen LogP) is 5.29. The minimum absolute atomic E-state index is 0.0593. The number of carbonyl (C=O) groups is 6. The standard InChI is InChI=1S/C43H47N7O6S/c1-25-8-9-31(48-29-16-19-44-20-17-29)23-34(25)40(53)47-26(2)27-5-3-6-28(21-27)37-14-11-32(57-37)24-46-38(51)7-4-18-45-30-10-12-33-35(22-30)43(56)50(42(33)55)36-13-15-39(52)49-41(36)54/h3,5-6,8-12,14,21-23,26,29,36,44-45,48H,4,7,13,15-20,24H2,1-2H3,(H,46,51)(H,47,53)(H,49,52,54)/t26-,36?/m1/s1. The number of benzene rings is 3. The number of fused-ring (bicyclic) bond motifs is 1. The number of hydrogen-bond acceptors (Lipinski definition) is 10. The van der Waals surface area contributed by atoms with Gasteiger partial charge >= 0.3 is 0 Å². The minimum atomic E-state index is -1.02. The molecule has 3 aliphatic rings. The van der Waals surface area contributed by atoms with Crippen molar-refractivity contribution < 1.29 is 28.8 Å². The lowest BCUT2D eigenvalue weighted by atomic mass is 10.0. The lowest BCUT2D eigenvalue weighted by Gasteiger charge is -2.27. The van der Waals surface area contributed by atoms with Gasteiger partial charge in [-0.25, -0.2) is 0 Å². The Balaban J connectivity index is 0.860. The molecule has 3 aliphatic heterocycles. The molecule has 2 atom stereocenters. The Morgan fingerprint density at radius 1 is 0.895 bits per heavy atom. The van der Waals surface area contributed by atoms with Gasteiger partial charge in [0.15, 0.2) is 0 Å². The molecule has 0 saturated carbocycles. The minimum Gasteiger partial charge on any atom is -0.385 e. The van der Waals surface area contributed by atoms with E-state index >= 15 is 0 Å². The molecule has 0 radical (unpaired) electrons. The molecule has 57 heavy (non-hydrogen) atoms. The Hall–Kier alpha value is -5.86. The normalized spacial score (nSPS) is 17.5. The molecule has 0 bridgehead atoms. The topological polar surface area (TPSA) is 178 Å². The van der Waals surface area contributed by atoms with E-state index in [1.807, 2.05) is 62.4 Å². The van der Waals surface area contributed by atoms with Gasteiger partial charge in [-0.15, -0.1) is 11.3 Å². The van der Waals surface area contributed by atoms with Crippen molar-refractivity contribution in [1.82, 2.24) is 26.2 Å². The number of amides is 6. The van der Waals surface area contributed by atoms with Crippen LogP contribution < -0.4 is 31.9 Å². The monoisotopic (exact) mass is 789 g/mol. The number of nitrogens with zero attached hydrogens (tertiary/aromatic N) is 1. The zero-order valence-electron chi connectivity index (χ0n) is 32.0. The van der Waals surface area contributed by atoms with Gasteiger partial charge in [0, 0.05) is 52.1 Å². The maximum atomic E-state index is 13.4. The summed E-state index contributed by atoms with van der Waals surface area (Å²) in [5.74, 6) is -2.39. The molecule has 0 aliphatic carbocycles.